The van der Waals surface area contributed by atoms with Crippen LogP contribution in [0.1, 0.15) is 6.42 Å². The molecule has 0 unspecified atom stereocenters. The summed E-state index contributed by atoms with van der Waals surface area (Å²) in [6, 6.07) is 1.19. The van der Waals surface area contributed by atoms with Crippen molar-refractivity contribution in [2.45, 2.75) is 19.0 Å². The van der Waals surface area contributed by atoms with Crippen LogP contribution in [0.4, 0.5) is 0 Å². The zero-order valence-electron chi connectivity index (χ0n) is 6.44. The van der Waals surface area contributed by atoms with E-state index in [4.69, 9.17) is 9.16 Å². The summed E-state index contributed by atoms with van der Waals surface area (Å²) in [7, 11) is 3.03. The van der Waals surface area contributed by atoms with Gasteiger partial charge in [0.2, 0.25) is 9.04 Å². The Morgan fingerprint density at radius 3 is 2.44 bits per heavy atom. The fourth-order valence-corrected chi connectivity index (χ4v) is 1.41. The fraction of sp³-hybridized carbons (Fsp3) is 1.00. The second kappa shape index (κ2) is 6.26. The molecule has 9 heavy (non-hydrogen) atoms. The Bertz CT molecular complexity index is 59.0. The van der Waals surface area contributed by atoms with Crippen LogP contribution in [0.15, 0.2) is 0 Å². The Morgan fingerprint density at radius 1 is 1.33 bits per heavy atom. The van der Waals surface area contributed by atoms with Crippen LogP contribution >= 0.6 is 0 Å². The predicted molar refractivity (Wildman–Crippen MR) is 39.9 cm³/mol. The molecule has 0 N–H and O–H groups in total. The van der Waals surface area contributed by atoms with Gasteiger partial charge in [0.25, 0.3) is 0 Å². The highest BCUT2D eigenvalue weighted by Gasteiger charge is 2.00. The average molecular weight is 147 g/mol. The minimum absolute atomic E-state index is 0.481. The van der Waals surface area contributed by atoms with Crippen molar-refractivity contribution < 1.29 is 9.16 Å². The first-order valence-corrected chi connectivity index (χ1v) is 5.28. The maximum Gasteiger partial charge on any atom is 0.207 e. The van der Waals surface area contributed by atoms with E-state index in [1.807, 2.05) is 0 Å². The van der Waals surface area contributed by atoms with E-state index in [-0.39, 0.29) is 0 Å². The number of ether oxygens (including phenoxy) is 1. The molecule has 0 bridgehead atoms. The van der Waals surface area contributed by atoms with Crippen molar-refractivity contribution in [3.8, 4) is 0 Å². The lowest BCUT2D eigenvalue weighted by Gasteiger charge is -2.04. The summed E-state index contributed by atoms with van der Waals surface area (Å²) in [5.74, 6) is 0. The summed E-state index contributed by atoms with van der Waals surface area (Å²) >= 11 is 0. The van der Waals surface area contributed by atoms with Crippen LogP contribution in [-0.4, -0.2) is 29.9 Å². The largest absolute Gasteiger partial charge is 0.420 e. The predicted octanol–water partition coefficient (Wildman–Crippen LogP) is 1.29. The minimum Gasteiger partial charge on any atom is -0.420 e. The molecule has 0 saturated carbocycles. The normalized spacial score (nSPS) is 10.7. The van der Waals surface area contributed by atoms with Crippen molar-refractivity contribution >= 4 is 9.04 Å². The van der Waals surface area contributed by atoms with Crippen LogP contribution < -0.4 is 0 Å². The maximum atomic E-state index is 5.14. The lowest BCUT2D eigenvalue weighted by Crippen LogP contribution is -2.10. The van der Waals surface area contributed by atoms with Gasteiger partial charge in [-0.25, -0.2) is 0 Å². The molecule has 0 saturated heterocycles. The van der Waals surface area contributed by atoms with Gasteiger partial charge in [0, 0.05) is 20.8 Å². The number of hydrogen-bond donors (Lipinski definition) is 0. The van der Waals surface area contributed by atoms with Crippen LogP contribution in [0.25, 0.3) is 0 Å². The van der Waals surface area contributed by atoms with E-state index >= 15 is 0 Å². The molecule has 0 aliphatic rings. The molecule has 0 spiro atoms. The van der Waals surface area contributed by atoms with Crippen molar-refractivity contribution in [3.63, 3.8) is 0 Å². The molecule has 0 aliphatic heterocycles. The molecule has 0 aromatic heterocycles. The molecular formula is C6H15O2Si. The molecule has 0 amide bonds. The third-order valence-corrected chi connectivity index (χ3v) is 2.98. The van der Waals surface area contributed by atoms with Crippen LogP contribution in [0.3, 0.4) is 0 Å². The quantitative estimate of drug-likeness (QED) is 0.431. The summed E-state index contributed by atoms with van der Waals surface area (Å²) in [6.07, 6.45) is 1.13. The standard InChI is InChI=1S/C6H15O2Si/c1-7-5-4-6-9(3)8-2/h4-6H2,1-3H3. The maximum absolute atomic E-state index is 5.14. The van der Waals surface area contributed by atoms with Gasteiger partial charge in [-0.3, -0.25) is 0 Å². The summed E-state index contributed by atoms with van der Waals surface area (Å²) < 4.78 is 10.0. The van der Waals surface area contributed by atoms with Crippen molar-refractivity contribution in [1.29, 1.82) is 0 Å². The lowest BCUT2D eigenvalue weighted by atomic mass is 10.5. The van der Waals surface area contributed by atoms with Gasteiger partial charge >= 0.3 is 0 Å². The molecule has 0 atom stereocenters. The van der Waals surface area contributed by atoms with Crippen molar-refractivity contribution in [1.82, 2.24) is 0 Å². The smallest absolute Gasteiger partial charge is 0.207 e. The van der Waals surface area contributed by atoms with Gasteiger partial charge in [0.15, 0.2) is 0 Å². The first-order valence-electron chi connectivity index (χ1n) is 3.16. The van der Waals surface area contributed by atoms with Crippen LogP contribution in [0.2, 0.25) is 12.6 Å². The fourth-order valence-electron chi connectivity index (χ4n) is 0.568. The topological polar surface area (TPSA) is 18.5 Å². The highest BCUT2D eigenvalue weighted by Crippen LogP contribution is 1.96. The minimum atomic E-state index is -0.481. The van der Waals surface area contributed by atoms with Gasteiger partial charge in [-0.15, -0.1) is 0 Å². The SMILES string of the molecule is COCCC[Si](C)OC. The van der Waals surface area contributed by atoms with E-state index in [1.165, 1.54) is 6.04 Å². The zero-order chi connectivity index (χ0) is 7.11. The zero-order valence-corrected chi connectivity index (χ0v) is 7.44. The molecule has 0 fully saturated rings. The second-order valence-corrected chi connectivity index (χ2v) is 4.31. The number of methoxy groups -OCH3 is 1. The average Bonchev–Trinajstić information content (AvgIpc) is 1.89. The van der Waals surface area contributed by atoms with Crippen molar-refractivity contribution in [2.24, 2.45) is 0 Å². The van der Waals surface area contributed by atoms with E-state index in [0.29, 0.717) is 0 Å². The van der Waals surface area contributed by atoms with E-state index in [2.05, 4.69) is 6.55 Å². The van der Waals surface area contributed by atoms with Gasteiger partial charge in [0.05, 0.1) is 0 Å². The highest BCUT2D eigenvalue weighted by atomic mass is 28.3. The molecule has 2 nitrogen and oxygen atoms in total. The third kappa shape index (κ3) is 6.02. The van der Waals surface area contributed by atoms with E-state index in [1.54, 1.807) is 14.2 Å². The molecule has 0 aromatic carbocycles. The molecule has 0 heterocycles. The van der Waals surface area contributed by atoms with Crippen LogP contribution in [0.5, 0.6) is 0 Å². The van der Waals surface area contributed by atoms with E-state index < -0.39 is 9.04 Å². The van der Waals surface area contributed by atoms with Crippen molar-refractivity contribution in [3.05, 3.63) is 0 Å². The van der Waals surface area contributed by atoms with Crippen LogP contribution in [-0.2, 0) is 9.16 Å². The van der Waals surface area contributed by atoms with Crippen molar-refractivity contribution in [2.75, 3.05) is 20.8 Å². The van der Waals surface area contributed by atoms with Gasteiger partial charge in [-0.2, -0.15) is 0 Å². The lowest BCUT2D eigenvalue weighted by molar-refractivity contribution is 0.198. The van der Waals surface area contributed by atoms with Gasteiger partial charge in [-0.05, 0) is 19.0 Å². The Balaban J connectivity index is 2.88. The van der Waals surface area contributed by atoms with Gasteiger partial charge in [0.1, 0.15) is 0 Å². The Hall–Kier alpha value is 0.137. The summed E-state index contributed by atoms with van der Waals surface area (Å²) in [5, 5.41) is 0. The molecule has 0 aromatic rings. The first kappa shape index (κ1) is 9.14. The third-order valence-electron chi connectivity index (χ3n) is 1.23. The molecular weight excluding hydrogens is 132 g/mol. The van der Waals surface area contributed by atoms with Crippen LogP contribution in [0, 0.1) is 0 Å². The molecule has 3 heteroatoms. The summed E-state index contributed by atoms with van der Waals surface area (Å²) in [5.41, 5.74) is 0. The molecule has 0 rings (SSSR count). The summed E-state index contributed by atoms with van der Waals surface area (Å²) in [4.78, 5) is 0. The number of rotatable bonds is 5. The first-order chi connectivity index (χ1) is 4.31. The Morgan fingerprint density at radius 2 is 2.00 bits per heavy atom. The van der Waals surface area contributed by atoms with E-state index in [0.717, 1.165) is 13.0 Å². The summed E-state index contributed by atoms with van der Waals surface area (Å²) in [6.45, 7) is 3.03. The Labute approximate surface area is 58.9 Å². The molecule has 1 radical (unpaired) electrons. The van der Waals surface area contributed by atoms with Gasteiger partial charge in [-0.1, -0.05) is 0 Å². The Kier molecular flexibility index (Phi) is 6.35. The number of hydrogen-bond acceptors (Lipinski definition) is 2. The highest BCUT2D eigenvalue weighted by molar-refractivity contribution is 6.50. The molecule has 55 valence electrons. The monoisotopic (exact) mass is 147 g/mol. The van der Waals surface area contributed by atoms with E-state index in [9.17, 15) is 0 Å². The van der Waals surface area contributed by atoms with Gasteiger partial charge < -0.3 is 9.16 Å². The second-order valence-electron chi connectivity index (χ2n) is 2.00. The molecule has 0 aliphatic carbocycles.